The fourth-order valence-corrected chi connectivity index (χ4v) is 2.93. The van der Waals surface area contributed by atoms with Crippen molar-refractivity contribution in [3.05, 3.63) is 58.4 Å². The van der Waals surface area contributed by atoms with E-state index in [0.717, 1.165) is 17.0 Å². The van der Waals surface area contributed by atoms with Crippen LogP contribution in [0.5, 0.6) is 0 Å². The van der Waals surface area contributed by atoms with Crippen LogP contribution < -0.4 is 5.32 Å². The Balaban J connectivity index is 1.91. The monoisotopic (exact) mass is 269 g/mol. The van der Waals surface area contributed by atoms with Crippen molar-refractivity contribution >= 4 is 11.9 Å². The van der Waals surface area contributed by atoms with Gasteiger partial charge in [-0.2, -0.15) is 0 Å². The number of esters is 2. The number of benzene rings is 1. The molecule has 3 heterocycles. The van der Waals surface area contributed by atoms with Crippen molar-refractivity contribution in [2.45, 2.75) is 5.92 Å². The normalized spacial score (nSPS) is 21.4. The lowest BCUT2D eigenvalue weighted by molar-refractivity contribution is -0.136. The van der Waals surface area contributed by atoms with E-state index < -0.39 is 5.92 Å². The van der Waals surface area contributed by atoms with Crippen LogP contribution >= 0.6 is 0 Å². The summed E-state index contributed by atoms with van der Waals surface area (Å²) in [5, 5.41) is 3.11. The molecule has 0 saturated heterocycles. The summed E-state index contributed by atoms with van der Waals surface area (Å²) < 4.78 is 10.2. The van der Waals surface area contributed by atoms with Gasteiger partial charge in [-0.3, -0.25) is 0 Å². The number of carbonyl (C=O) groups is 2. The maximum Gasteiger partial charge on any atom is 0.337 e. The molecule has 20 heavy (non-hydrogen) atoms. The maximum atomic E-state index is 12.0. The molecule has 0 unspecified atom stereocenters. The van der Waals surface area contributed by atoms with Gasteiger partial charge in [-0.05, 0) is 5.56 Å². The molecule has 0 saturated carbocycles. The summed E-state index contributed by atoms with van der Waals surface area (Å²) in [7, 11) is 0. The first-order valence-corrected chi connectivity index (χ1v) is 6.38. The number of nitrogens with one attached hydrogen (secondary N) is 1. The van der Waals surface area contributed by atoms with E-state index in [-0.39, 0.29) is 25.2 Å². The lowest BCUT2D eigenvalue weighted by Crippen LogP contribution is -2.27. The van der Waals surface area contributed by atoms with Crippen molar-refractivity contribution in [1.29, 1.82) is 0 Å². The van der Waals surface area contributed by atoms with Crippen molar-refractivity contribution in [3.8, 4) is 0 Å². The summed E-state index contributed by atoms with van der Waals surface area (Å²) in [5.74, 6) is -1.13. The number of rotatable bonds is 1. The van der Waals surface area contributed by atoms with Gasteiger partial charge in [-0.15, -0.1) is 0 Å². The van der Waals surface area contributed by atoms with Crippen LogP contribution in [0, 0.1) is 0 Å². The Labute approximate surface area is 114 Å². The van der Waals surface area contributed by atoms with E-state index in [1.165, 1.54) is 0 Å². The Bertz CT molecular complexity index is 647. The van der Waals surface area contributed by atoms with Crippen molar-refractivity contribution in [3.63, 3.8) is 0 Å². The maximum absolute atomic E-state index is 12.0. The van der Waals surface area contributed by atoms with E-state index in [1.807, 2.05) is 30.3 Å². The van der Waals surface area contributed by atoms with Crippen molar-refractivity contribution in [2.24, 2.45) is 0 Å². The van der Waals surface area contributed by atoms with E-state index in [2.05, 4.69) is 5.32 Å². The van der Waals surface area contributed by atoms with E-state index in [9.17, 15) is 9.59 Å². The fraction of sp³-hybridized carbons (Fsp3) is 0.200. The quantitative estimate of drug-likeness (QED) is 0.770. The SMILES string of the molecule is O=C1OCC2=C1C(c1ccccc1)C1=C(COC1=O)N2. The van der Waals surface area contributed by atoms with Gasteiger partial charge in [0.2, 0.25) is 0 Å². The second-order valence-electron chi connectivity index (χ2n) is 4.91. The Morgan fingerprint density at radius 3 is 2.00 bits per heavy atom. The van der Waals surface area contributed by atoms with Gasteiger partial charge in [0, 0.05) is 0 Å². The molecule has 0 radical (unpaired) electrons. The number of ether oxygens (including phenoxy) is 2. The minimum Gasteiger partial charge on any atom is -0.456 e. The van der Waals surface area contributed by atoms with Gasteiger partial charge < -0.3 is 14.8 Å². The molecule has 5 heteroatoms. The van der Waals surface area contributed by atoms with Gasteiger partial charge in [0.25, 0.3) is 0 Å². The van der Waals surface area contributed by atoms with Crippen LogP contribution in [0.1, 0.15) is 11.5 Å². The first-order chi connectivity index (χ1) is 9.75. The molecule has 0 aromatic heterocycles. The molecule has 0 amide bonds. The summed E-state index contributed by atoms with van der Waals surface area (Å²) in [6.45, 7) is 0.449. The number of cyclic esters (lactones) is 2. The summed E-state index contributed by atoms with van der Waals surface area (Å²) in [6.07, 6.45) is 0. The average Bonchev–Trinajstić information content (AvgIpc) is 3.03. The zero-order chi connectivity index (χ0) is 13.7. The van der Waals surface area contributed by atoms with Crippen LogP contribution in [0.3, 0.4) is 0 Å². The Morgan fingerprint density at radius 1 is 0.900 bits per heavy atom. The zero-order valence-corrected chi connectivity index (χ0v) is 10.5. The van der Waals surface area contributed by atoms with Gasteiger partial charge >= 0.3 is 11.9 Å². The van der Waals surface area contributed by atoms with Gasteiger partial charge in [-0.1, -0.05) is 30.3 Å². The first-order valence-electron chi connectivity index (χ1n) is 6.38. The zero-order valence-electron chi connectivity index (χ0n) is 10.5. The van der Waals surface area contributed by atoms with Crippen LogP contribution in [-0.2, 0) is 19.1 Å². The fourth-order valence-electron chi connectivity index (χ4n) is 2.93. The van der Waals surface area contributed by atoms with Crippen molar-refractivity contribution in [1.82, 2.24) is 5.32 Å². The number of hydrogen-bond acceptors (Lipinski definition) is 5. The van der Waals surface area contributed by atoms with Crippen LogP contribution in [-0.4, -0.2) is 25.2 Å². The smallest absolute Gasteiger partial charge is 0.337 e. The third-order valence-corrected chi connectivity index (χ3v) is 3.80. The topological polar surface area (TPSA) is 64.6 Å². The third-order valence-electron chi connectivity index (χ3n) is 3.80. The molecular weight excluding hydrogens is 258 g/mol. The van der Waals surface area contributed by atoms with Gasteiger partial charge in [-0.25, -0.2) is 9.59 Å². The van der Waals surface area contributed by atoms with Gasteiger partial charge in [0.05, 0.1) is 28.5 Å². The molecule has 5 nitrogen and oxygen atoms in total. The van der Waals surface area contributed by atoms with Gasteiger partial charge in [0.15, 0.2) is 0 Å². The van der Waals surface area contributed by atoms with E-state index in [0.29, 0.717) is 11.1 Å². The highest BCUT2D eigenvalue weighted by molar-refractivity contribution is 6.02. The minimum absolute atomic E-state index is 0.225. The second kappa shape index (κ2) is 3.96. The summed E-state index contributed by atoms with van der Waals surface area (Å²) in [5.41, 5.74) is 3.41. The Hall–Kier alpha value is -2.56. The molecule has 1 aromatic carbocycles. The lowest BCUT2D eigenvalue weighted by Gasteiger charge is -2.23. The molecule has 0 fully saturated rings. The van der Waals surface area contributed by atoms with Gasteiger partial charge in [0.1, 0.15) is 13.2 Å². The van der Waals surface area contributed by atoms with Crippen LogP contribution in [0.15, 0.2) is 52.9 Å². The highest BCUT2D eigenvalue weighted by Crippen LogP contribution is 2.42. The van der Waals surface area contributed by atoms with E-state index in [1.54, 1.807) is 0 Å². The van der Waals surface area contributed by atoms with Crippen LogP contribution in [0.25, 0.3) is 0 Å². The second-order valence-corrected chi connectivity index (χ2v) is 4.91. The molecule has 0 atom stereocenters. The minimum atomic E-state index is -0.396. The lowest BCUT2D eigenvalue weighted by atomic mass is 9.81. The molecule has 1 N–H and O–H groups in total. The molecule has 100 valence electrons. The molecule has 0 aliphatic carbocycles. The molecule has 1 aromatic rings. The molecule has 3 aliphatic heterocycles. The summed E-state index contributed by atoms with van der Waals surface area (Å²) in [4.78, 5) is 24.0. The summed E-state index contributed by atoms with van der Waals surface area (Å²) >= 11 is 0. The largest absolute Gasteiger partial charge is 0.456 e. The predicted octanol–water partition coefficient (Wildman–Crippen LogP) is 0.995. The average molecular weight is 269 g/mol. The molecule has 4 rings (SSSR count). The van der Waals surface area contributed by atoms with E-state index in [4.69, 9.17) is 9.47 Å². The number of hydrogen-bond donors (Lipinski definition) is 1. The number of carbonyl (C=O) groups excluding carboxylic acids is 2. The number of dihydropyridines is 1. The highest BCUT2D eigenvalue weighted by Gasteiger charge is 2.44. The van der Waals surface area contributed by atoms with Crippen LogP contribution in [0.4, 0.5) is 0 Å². The summed E-state index contributed by atoms with van der Waals surface area (Å²) in [6, 6.07) is 9.48. The molecule has 0 spiro atoms. The van der Waals surface area contributed by atoms with Crippen molar-refractivity contribution in [2.75, 3.05) is 13.2 Å². The van der Waals surface area contributed by atoms with Crippen molar-refractivity contribution < 1.29 is 19.1 Å². The molecule has 0 bridgehead atoms. The standard InChI is InChI=1S/C15H11NO4/c17-14-12-9(6-19-14)16-10-7-20-15(18)13(10)11(12)8-4-2-1-3-5-8/h1-5,11,16H,6-7H2. The molecule has 3 aliphatic rings. The highest BCUT2D eigenvalue weighted by atomic mass is 16.5. The first kappa shape index (κ1) is 11.3. The van der Waals surface area contributed by atoms with E-state index >= 15 is 0 Å². The predicted molar refractivity (Wildman–Crippen MR) is 68.3 cm³/mol. The Kier molecular flexibility index (Phi) is 2.24. The van der Waals surface area contributed by atoms with Crippen LogP contribution in [0.2, 0.25) is 0 Å². The Morgan fingerprint density at radius 2 is 1.45 bits per heavy atom. The third kappa shape index (κ3) is 1.43. The molecular formula is C15H11NO4.